The number of carbonyl (C=O) groups excluding carboxylic acids is 2. The van der Waals surface area contributed by atoms with Crippen LogP contribution < -0.4 is 4.90 Å². The number of hydrogen-bond acceptors (Lipinski definition) is 6. The van der Waals surface area contributed by atoms with E-state index >= 15 is 0 Å². The number of esters is 1. The second-order valence-corrected chi connectivity index (χ2v) is 11.7. The third kappa shape index (κ3) is 6.21. The molecule has 0 radical (unpaired) electrons. The minimum absolute atomic E-state index is 0.0333. The molecule has 188 valence electrons. The van der Waals surface area contributed by atoms with Crippen LogP contribution in [0.5, 0.6) is 0 Å². The highest BCUT2D eigenvalue weighted by atomic mass is 32.1. The normalized spacial score (nSPS) is 19.6. The fraction of sp³-hybridized carbons (Fsp3) is 0.704. The summed E-state index contributed by atoms with van der Waals surface area (Å²) in [5, 5.41) is 0. The number of rotatable bonds is 6. The lowest BCUT2D eigenvalue weighted by Crippen LogP contribution is -2.59. The van der Waals surface area contributed by atoms with Gasteiger partial charge in [0, 0.05) is 32.0 Å². The number of amides is 1. The van der Waals surface area contributed by atoms with Crippen LogP contribution in [0.25, 0.3) is 0 Å². The summed E-state index contributed by atoms with van der Waals surface area (Å²) in [4.78, 5) is 31.8. The smallest absolute Gasteiger partial charge is 0.350 e. The van der Waals surface area contributed by atoms with Crippen molar-refractivity contribution in [2.24, 2.45) is 11.3 Å². The summed E-state index contributed by atoms with van der Waals surface area (Å²) in [5.74, 6) is 6.28. The van der Waals surface area contributed by atoms with E-state index in [2.05, 4.69) is 44.4 Å². The molecular weight excluding hydrogens is 448 g/mol. The zero-order valence-corrected chi connectivity index (χ0v) is 22.5. The number of methoxy groups -OCH3 is 1. The Morgan fingerprint density at radius 2 is 1.88 bits per heavy atom. The maximum atomic E-state index is 13.3. The Balaban J connectivity index is 2.07. The van der Waals surface area contributed by atoms with Crippen molar-refractivity contribution >= 4 is 28.9 Å². The maximum Gasteiger partial charge on any atom is 0.350 e. The van der Waals surface area contributed by atoms with Gasteiger partial charge < -0.3 is 14.4 Å². The summed E-state index contributed by atoms with van der Waals surface area (Å²) in [6.07, 6.45) is 5.18. The molecule has 1 aromatic rings. The molecule has 2 aliphatic rings. The average Bonchev–Trinajstić information content (AvgIpc) is 3.21. The lowest BCUT2D eigenvalue weighted by Gasteiger charge is -2.51. The van der Waals surface area contributed by atoms with Crippen molar-refractivity contribution in [3.8, 4) is 11.8 Å². The Labute approximate surface area is 209 Å². The van der Waals surface area contributed by atoms with E-state index in [9.17, 15) is 9.59 Å². The SMILES string of the molecule is COC(=O)c1sc(C#CC(C)(C)C)cc1N(C(C)=O)C1(C(C)CN2CCOCC2)CCCCC1. The molecule has 7 heteroatoms. The summed E-state index contributed by atoms with van der Waals surface area (Å²) in [6.45, 7) is 14.3. The Morgan fingerprint density at radius 3 is 2.44 bits per heavy atom. The molecule has 1 aromatic heterocycles. The highest BCUT2D eigenvalue weighted by Crippen LogP contribution is 2.45. The number of morpholine rings is 1. The van der Waals surface area contributed by atoms with E-state index in [1.807, 2.05) is 11.0 Å². The van der Waals surface area contributed by atoms with Gasteiger partial charge in [0.25, 0.3) is 0 Å². The van der Waals surface area contributed by atoms with Crippen molar-refractivity contribution in [1.82, 2.24) is 4.90 Å². The molecule has 2 fully saturated rings. The fourth-order valence-electron chi connectivity index (χ4n) is 5.26. The quantitative estimate of drug-likeness (QED) is 0.419. The van der Waals surface area contributed by atoms with Crippen LogP contribution in [0.4, 0.5) is 5.69 Å². The Morgan fingerprint density at radius 1 is 1.24 bits per heavy atom. The zero-order chi connectivity index (χ0) is 24.9. The van der Waals surface area contributed by atoms with Crippen LogP contribution >= 0.6 is 11.3 Å². The Kier molecular flexibility index (Phi) is 8.83. The molecule has 3 rings (SSSR count). The average molecular weight is 489 g/mol. The highest BCUT2D eigenvalue weighted by molar-refractivity contribution is 7.15. The largest absolute Gasteiger partial charge is 0.465 e. The number of carbonyl (C=O) groups is 2. The van der Waals surface area contributed by atoms with Crippen molar-refractivity contribution in [2.45, 2.75) is 72.3 Å². The summed E-state index contributed by atoms with van der Waals surface area (Å²) in [5.41, 5.74) is 0.145. The van der Waals surface area contributed by atoms with Crippen LogP contribution in [-0.2, 0) is 14.3 Å². The lowest BCUT2D eigenvalue weighted by atomic mass is 9.71. The second-order valence-electron chi connectivity index (χ2n) is 10.6. The molecule has 1 amide bonds. The topological polar surface area (TPSA) is 59.1 Å². The number of nitrogens with zero attached hydrogens (tertiary/aromatic N) is 2. The minimum atomic E-state index is -0.415. The van der Waals surface area contributed by atoms with E-state index in [-0.39, 0.29) is 22.8 Å². The van der Waals surface area contributed by atoms with Gasteiger partial charge in [-0.15, -0.1) is 11.3 Å². The van der Waals surface area contributed by atoms with E-state index in [1.165, 1.54) is 24.9 Å². The molecular formula is C27H40N2O4S. The maximum absolute atomic E-state index is 13.3. The van der Waals surface area contributed by atoms with Gasteiger partial charge in [-0.2, -0.15) is 0 Å². The molecule has 1 atom stereocenters. The molecule has 1 aliphatic heterocycles. The predicted molar refractivity (Wildman–Crippen MR) is 137 cm³/mol. The van der Waals surface area contributed by atoms with E-state index < -0.39 is 5.97 Å². The molecule has 6 nitrogen and oxygen atoms in total. The van der Waals surface area contributed by atoms with E-state index in [0.717, 1.165) is 63.4 Å². The molecule has 0 aromatic carbocycles. The summed E-state index contributed by atoms with van der Waals surface area (Å²) in [7, 11) is 1.39. The van der Waals surface area contributed by atoms with Crippen LogP contribution in [0.15, 0.2) is 6.07 Å². The van der Waals surface area contributed by atoms with Gasteiger partial charge in [0.15, 0.2) is 0 Å². The molecule has 0 spiro atoms. The van der Waals surface area contributed by atoms with Gasteiger partial charge in [0.05, 0.1) is 36.4 Å². The predicted octanol–water partition coefficient (Wildman–Crippen LogP) is 4.96. The van der Waals surface area contributed by atoms with Gasteiger partial charge >= 0.3 is 5.97 Å². The molecule has 1 saturated carbocycles. The number of anilines is 1. The fourth-order valence-corrected chi connectivity index (χ4v) is 6.18. The first-order valence-electron chi connectivity index (χ1n) is 12.4. The standard InChI is InChI=1S/C27H40N2O4S/c1-20(19-28-14-16-33-17-15-28)27(11-8-7-9-12-27)29(21(2)30)23-18-22(10-13-26(3,4)5)34-24(23)25(31)32-6/h18,20H,7-9,11-12,14-17,19H2,1-6H3. The van der Waals surface area contributed by atoms with Crippen LogP contribution in [0, 0.1) is 23.2 Å². The molecule has 1 saturated heterocycles. The molecule has 34 heavy (non-hydrogen) atoms. The summed E-state index contributed by atoms with van der Waals surface area (Å²) in [6, 6.07) is 1.93. The Bertz CT molecular complexity index is 925. The first-order valence-corrected chi connectivity index (χ1v) is 13.3. The summed E-state index contributed by atoms with van der Waals surface area (Å²) >= 11 is 1.32. The van der Waals surface area contributed by atoms with Crippen LogP contribution in [-0.4, -0.2) is 62.3 Å². The Hall–Kier alpha value is -1.88. The van der Waals surface area contributed by atoms with E-state index in [1.54, 1.807) is 6.92 Å². The molecule has 1 unspecified atom stereocenters. The van der Waals surface area contributed by atoms with Gasteiger partial charge in [-0.3, -0.25) is 9.69 Å². The first kappa shape index (κ1) is 26.7. The van der Waals surface area contributed by atoms with Crippen LogP contribution in [0.1, 0.15) is 81.3 Å². The van der Waals surface area contributed by atoms with Crippen LogP contribution in [0.3, 0.4) is 0 Å². The van der Waals surface area contributed by atoms with Gasteiger partial charge in [-0.1, -0.05) is 38.0 Å². The van der Waals surface area contributed by atoms with Crippen molar-refractivity contribution < 1.29 is 19.1 Å². The zero-order valence-electron chi connectivity index (χ0n) is 21.7. The van der Waals surface area contributed by atoms with Gasteiger partial charge in [0.1, 0.15) is 4.88 Å². The number of thiophene rings is 1. The molecule has 0 N–H and O–H groups in total. The van der Waals surface area contributed by atoms with Crippen molar-refractivity contribution in [1.29, 1.82) is 0 Å². The van der Waals surface area contributed by atoms with Crippen molar-refractivity contribution in [2.75, 3.05) is 44.9 Å². The van der Waals surface area contributed by atoms with E-state index in [4.69, 9.17) is 9.47 Å². The van der Waals surface area contributed by atoms with Crippen molar-refractivity contribution in [3.05, 3.63) is 15.8 Å². The highest BCUT2D eigenvalue weighted by Gasteiger charge is 2.46. The minimum Gasteiger partial charge on any atom is -0.465 e. The first-order chi connectivity index (χ1) is 16.1. The van der Waals surface area contributed by atoms with Gasteiger partial charge in [0.2, 0.25) is 5.91 Å². The number of ether oxygens (including phenoxy) is 2. The molecule has 0 bridgehead atoms. The van der Waals surface area contributed by atoms with Crippen molar-refractivity contribution in [3.63, 3.8) is 0 Å². The van der Waals surface area contributed by atoms with Gasteiger partial charge in [-0.25, -0.2) is 4.79 Å². The van der Waals surface area contributed by atoms with Gasteiger partial charge in [-0.05, 0) is 45.6 Å². The summed E-state index contributed by atoms with van der Waals surface area (Å²) < 4.78 is 10.7. The second kappa shape index (κ2) is 11.2. The molecule has 1 aliphatic carbocycles. The lowest BCUT2D eigenvalue weighted by molar-refractivity contribution is -0.118. The van der Waals surface area contributed by atoms with E-state index in [0.29, 0.717) is 10.6 Å². The van der Waals surface area contributed by atoms with Crippen LogP contribution in [0.2, 0.25) is 0 Å². The number of hydrogen-bond donors (Lipinski definition) is 0. The molecule has 2 heterocycles. The third-order valence-electron chi connectivity index (χ3n) is 6.92. The monoisotopic (exact) mass is 488 g/mol. The third-order valence-corrected chi connectivity index (χ3v) is 7.94.